The van der Waals surface area contributed by atoms with Gasteiger partial charge in [0, 0.05) is 0 Å². The van der Waals surface area contributed by atoms with Gasteiger partial charge in [0.1, 0.15) is 11.3 Å². The molecule has 0 aliphatic carbocycles. The zero-order chi connectivity index (χ0) is 17.1. The maximum absolute atomic E-state index is 12.5. The van der Waals surface area contributed by atoms with E-state index in [9.17, 15) is 14.4 Å². The van der Waals surface area contributed by atoms with Crippen molar-refractivity contribution in [2.45, 2.75) is 6.92 Å². The van der Waals surface area contributed by atoms with Crippen LogP contribution in [0.2, 0.25) is 0 Å². The summed E-state index contributed by atoms with van der Waals surface area (Å²) in [5.74, 6) is -0.809. The second-order valence-electron chi connectivity index (χ2n) is 5.19. The van der Waals surface area contributed by atoms with Gasteiger partial charge in [0.15, 0.2) is 0 Å². The number of anilines is 1. The van der Waals surface area contributed by atoms with Gasteiger partial charge in [-0.1, -0.05) is 23.8 Å². The minimum atomic E-state index is -0.763. The first-order chi connectivity index (χ1) is 11.6. The van der Waals surface area contributed by atoms with E-state index in [4.69, 9.17) is 4.42 Å². The number of imide groups is 2. The molecule has 0 atom stereocenters. The summed E-state index contributed by atoms with van der Waals surface area (Å²) in [6, 6.07) is 9.57. The average Bonchev–Trinajstić information content (AvgIpc) is 3.05. The molecule has 1 saturated heterocycles. The minimum Gasteiger partial charge on any atom is -0.465 e. The summed E-state index contributed by atoms with van der Waals surface area (Å²) in [5.41, 5.74) is 1.27. The molecule has 0 saturated carbocycles. The van der Waals surface area contributed by atoms with Crippen molar-refractivity contribution >= 4 is 29.6 Å². The number of carbonyl (C=O) groups excluding carboxylic acids is 3. The third kappa shape index (κ3) is 3.03. The van der Waals surface area contributed by atoms with Gasteiger partial charge in [-0.2, -0.15) is 0 Å². The number of allylic oxidation sites excluding steroid dienone is 2. The van der Waals surface area contributed by atoms with E-state index in [1.807, 2.05) is 6.92 Å². The van der Waals surface area contributed by atoms with Gasteiger partial charge in [-0.15, -0.1) is 0 Å². The third-order valence-electron chi connectivity index (χ3n) is 3.46. The van der Waals surface area contributed by atoms with Gasteiger partial charge >= 0.3 is 6.03 Å². The maximum atomic E-state index is 12.5. The lowest BCUT2D eigenvalue weighted by atomic mass is 10.1. The molecular weight excluding hydrogens is 308 g/mol. The summed E-state index contributed by atoms with van der Waals surface area (Å²) in [6.07, 6.45) is 6.01. The van der Waals surface area contributed by atoms with Crippen LogP contribution in [0.3, 0.4) is 0 Å². The number of aryl methyl sites for hydroxylation is 1. The SMILES string of the molecule is Cc1ccc(N2C(=O)NC(=O)C(=CC=Cc3ccco3)C2=O)cc1. The molecule has 1 aromatic heterocycles. The van der Waals surface area contributed by atoms with E-state index in [-0.39, 0.29) is 5.57 Å². The lowest BCUT2D eigenvalue weighted by molar-refractivity contribution is -0.122. The van der Waals surface area contributed by atoms with Crippen LogP contribution in [0.15, 0.2) is 64.8 Å². The molecule has 1 fully saturated rings. The van der Waals surface area contributed by atoms with E-state index in [1.54, 1.807) is 42.5 Å². The van der Waals surface area contributed by atoms with Crippen LogP contribution in [-0.2, 0) is 9.59 Å². The van der Waals surface area contributed by atoms with Gasteiger partial charge in [-0.3, -0.25) is 14.9 Å². The number of amides is 4. The Morgan fingerprint density at radius 1 is 1.08 bits per heavy atom. The molecule has 24 heavy (non-hydrogen) atoms. The Balaban J connectivity index is 1.89. The van der Waals surface area contributed by atoms with Crippen molar-refractivity contribution < 1.29 is 18.8 Å². The molecule has 2 aromatic rings. The van der Waals surface area contributed by atoms with E-state index in [0.717, 1.165) is 10.5 Å². The Bertz CT molecular complexity index is 846. The van der Waals surface area contributed by atoms with Crippen LogP contribution in [-0.4, -0.2) is 17.8 Å². The number of urea groups is 1. The van der Waals surface area contributed by atoms with Crippen molar-refractivity contribution in [1.82, 2.24) is 5.32 Å². The number of rotatable bonds is 3. The van der Waals surface area contributed by atoms with Crippen molar-refractivity contribution in [2.75, 3.05) is 4.90 Å². The number of hydrogen-bond acceptors (Lipinski definition) is 4. The first-order valence-corrected chi connectivity index (χ1v) is 7.24. The summed E-state index contributed by atoms with van der Waals surface area (Å²) in [5, 5.41) is 2.17. The summed E-state index contributed by atoms with van der Waals surface area (Å²) >= 11 is 0. The zero-order valence-electron chi connectivity index (χ0n) is 12.9. The largest absolute Gasteiger partial charge is 0.465 e. The monoisotopic (exact) mass is 322 g/mol. The highest BCUT2D eigenvalue weighted by Gasteiger charge is 2.36. The van der Waals surface area contributed by atoms with Crippen molar-refractivity contribution in [2.24, 2.45) is 0 Å². The molecular formula is C18H14N2O4. The standard InChI is InChI=1S/C18H14N2O4/c1-12-7-9-13(10-8-12)20-17(22)15(16(21)19-18(20)23)6-2-4-14-5-3-11-24-14/h2-11H,1H3,(H,19,21,23). The molecule has 0 unspecified atom stereocenters. The number of nitrogens with one attached hydrogen (secondary N) is 1. The van der Waals surface area contributed by atoms with Gasteiger partial charge < -0.3 is 4.42 Å². The molecule has 3 rings (SSSR count). The molecule has 0 bridgehead atoms. The molecule has 0 spiro atoms. The lowest BCUT2D eigenvalue weighted by Gasteiger charge is -2.26. The number of nitrogens with zero attached hydrogens (tertiary/aromatic N) is 1. The molecule has 0 radical (unpaired) electrons. The second-order valence-corrected chi connectivity index (χ2v) is 5.19. The van der Waals surface area contributed by atoms with Gasteiger partial charge in [-0.25, -0.2) is 9.69 Å². The average molecular weight is 322 g/mol. The highest BCUT2D eigenvalue weighted by molar-refractivity contribution is 6.37. The van der Waals surface area contributed by atoms with E-state index >= 15 is 0 Å². The van der Waals surface area contributed by atoms with Gasteiger partial charge in [0.2, 0.25) is 0 Å². The normalized spacial score (nSPS) is 17.0. The number of benzene rings is 1. The Morgan fingerprint density at radius 2 is 1.83 bits per heavy atom. The zero-order valence-corrected chi connectivity index (χ0v) is 12.9. The van der Waals surface area contributed by atoms with Crippen LogP contribution in [0.25, 0.3) is 6.08 Å². The summed E-state index contributed by atoms with van der Waals surface area (Å²) < 4.78 is 5.13. The van der Waals surface area contributed by atoms with Crippen LogP contribution in [0, 0.1) is 6.92 Å². The quantitative estimate of drug-likeness (QED) is 0.696. The molecule has 6 nitrogen and oxygen atoms in total. The fourth-order valence-corrected chi connectivity index (χ4v) is 2.23. The summed E-state index contributed by atoms with van der Waals surface area (Å²) in [4.78, 5) is 37.4. The second kappa shape index (κ2) is 6.37. The topological polar surface area (TPSA) is 79.6 Å². The predicted octanol–water partition coefficient (Wildman–Crippen LogP) is 2.81. The van der Waals surface area contributed by atoms with Gasteiger partial charge in [-0.05, 0) is 43.3 Å². The van der Waals surface area contributed by atoms with Crippen LogP contribution < -0.4 is 10.2 Å². The molecule has 1 aliphatic rings. The van der Waals surface area contributed by atoms with Crippen LogP contribution in [0.4, 0.5) is 10.5 Å². The smallest absolute Gasteiger partial charge is 0.335 e. The van der Waals surface area contributed by atoms with Crippen molar-refractivity contribution in [3.05, 3.63) is 71.7 Å². The predicted molar refractivity (Wildman–Crippen MR) is 88.0 cm³/mol. The van der Waals surface area contributed by atoms with Crippen LogP contribution in [0.1, 0.15) is 11.3 Å². The maximum Gasteiger partial charge on any atom is 0.335 e. The molecule has 6 heteroatoms. The number of hydrogen-bond donors (Lipinski definition) is 1. The highest BCUT2D eigenvalue weighted by Crippen LogP contribution is 2.21. The minimum absolute atomic E-state index is 0.127. The fraction of sp³-hybridized carbons (Fsp3) is 0.0556. The number of carbonyl (C=O) groups is 3. The first kappa shape index (κ1) is 15.5. The Morgan fingerprint density at radius 3 is 2.50 bits per heavy atom. The number of barbiturate groups is 1. The van der Waals surface area contributed by atoms with E-state index in [2.05, 4.69) is 5.32 Å². The van der Waals surface area contributed by atoms with Crippen molar-refractivity contribution in [3.63, 3.8) is 0 Å². The van der Waals surface area contributed by atoms with Crippen molar-refractivity contribution in [3.8, 4) is 0 Å². The van der Waals surface area contributed by atoms with E-state index in [1.165, 1.54) is 18.4 Å². The first-order valence-electron chi connectivity index (χ1n) is 7.24. The Kier molecular flexibility index (Phi) is 4.11. The Hall–Kier alpha value is -3.41. The molecule has 120 valence electrons. The van der Waals surface area contributed by atoms with Crippen molar-refractivity contribution in [1.29, 1.82) is 0 Å². The third-order valence-corrected chi connectivity index (χ3v) is 3.46. The Labute approximate surface area is 138 Å². The molecule has 2 heterocycles. The summed E-state index contributed by atoms with van der Waals surface area (Å²) in [6.45, 7) is 1.90. The fourth-order valence-electron chi connectivity index (χ4n) is 2.23. The summed E-state index contributed by atoms with van der Waals surface area (Å²) in [7, 11) is 0. The molecule has 1 aliphatic heterocycles. The molecule has 1 N–H and O–H groups in total. The van der Waals surface area contributed by atoms with Gasteiger partial charge in [0.05, 0.1) is 12.0 Å². The van der Waals surface area contributed by atoms with Crippen LogP contribution in [0.5, 0.6) is 0 Å². The van der Waals surface area contributed by atoms with Gasteiger partial charge in [0.25, 0.3) is 11.8 Å². The highest BCUT2D eigenvalue weighted by atomic mass is 16.3. The molecule has 4 amide bonds. The number of furan rings is 1. The van der Waals surface area contributed by atoms with E-state index < -0.39 is 17.8 Å². The molecule has 1 aromatic carbocycles. The van der Waals surface area contributed by atoms with Crippen LogP contribution >= 0.6 is 0 Å². The lowest BCUT2D eigenvalue weighted by Crippen LogP contribution is -2.54. The van der Waals surface area contributed by atoms with E-state index in [0.29, 0.717) is 11.4 Å².